The van der Waals surface area contributed by atoms with E-state index < -0.39 is 10.0 Å². The van der Waals surface area contributed by atoms with Gasteiger partial charge < -0.3 is 5.32 Å². The van der Waals surface area contributed by atoms with Gasteiger partial charge in [-0.15, -0.1) is 0 Å². The smallest absolute Gasteiger partial charge is 0.232 e. The molecule has 0 aliphatic heterocycles. The number of sulfonamides is 1. The maximum absolute atomic E-state index is 11.9. The van der Waals surface area contributed by atoms with Gasteiger partial charge in [-0.2, -0.15) is 0 Å². The summed E-state index contributed by atoms with van der Waals surface area (Å²) in [7, 11) is -3.39. The Morgan fingerprint density at radius 1 is 1.26 bits per heavy atom. The molecule has 1 aromatic carbocycles. The van der Waals surface area contributed by atoms with Gasteiger partial charge in [0.1, 0.15) is 0 Å². The Morgan fingerprint density at radius 3 is 2.53 bits per heavy atom. The number of nitrogens with one attached hydrogen (secondary N) is 2. The fourth-order valence-corrected chi connectivity index (χ4v) is 3.09. The molecule has 7 heteroatoms. The molecule has 0 saturated heterocycles. The van der Waals surface area contributed by atoms with Crippen molar-refractivity contribution in [1.82, 2.24) is 5.32 Å². The number of anilines is 1. The molecule has 19 heavy (non-hydrogen) atoms. The van der Waals surface area contributed by atoms with Crippen molar-refractivity contribution in [3.05, 3.63) is 28.2 Å². The molecule has 0 aliphatic rings. The Morgan fingerprint density at radius 2 is 1.95 bits per heavy atom. The monoisotopic (exact) mass is 324 g/mol. The first kappa shape index (κ1) is 16.6. The van der Waals surface area contributed by atoms with E-state index in [2.05, 4.69) is 10.0 Å². The molecule has 2 N–H and O–H groups in total. The van der Waals surface area contributed by atoms with Crippen molar-refractivity contribution in [3.8, 4) is 0 Å². The van der Waals surface area contributed by atoms with Crippen molar-refractivity contribution in [1.29, 1.82) is 0 Å². The zero-order valence-electron chi connectivity index (χ0n) is 10.9. The van der Waals surface area contributed by atoms with Crippen LogP contribution < -0.4 is 10.0 Å². The highest BCUT2D eigenvalue weighted by Crippen LogP contribution is 2.26. The van der Waals surface area contributed by atoms with E-state index >= 15 is 0 Å². The van der Waals surface area contributed by atoms with Gasteiger partial charge in [0.25, 0.3) is 0 Å². The van der Waals surface area contributed by atoms with Crippen LogP contribution in [0.4, 0.5) is 5.69 Å². The van der Waals surface area contributed by atoms with Crippen LogP contribution in [0.15, 0.2) is 18.2 Å². The summed E-state index contributed by atoms with van der Waals surface area (Å²) in [6.45, 7) is 4.69. The number of hydrogen-bond acceptors (Lipinski definition) is 3. The van der Waals surface area contributed by atoms with E-state index in [0.29, 0.717) is 29.7 Å². The third-order valence-electron chi connectivity index (χ3n) is 2.34. The van der Waals surface area contributed by atoms with E-state index in [4.69, 9.17) is 23.2 Å². The summed E-state index contributed by atoms with van der Waals surface area (Å²) in [5.74, 6) is 0.0473. The lowest BCUT2D eigenvalue weighted by Crippen LogP contribution is -2.26. The summed E-state index contributed by atoms with van der Waals surface area (Å²) < 4.78 is 26.2. The zero-order valence-corrected chi connectivity index (χ0v) is 13.2. The average molecular weight is 325 g/mol. The van der Waals surface area contributed by atoms with Crippen LogP contribution in [0.2, 0.25) is 10.0 Å². The van der Waals surface area contributed by atoms with Gasteiger partial charge in [-0.05, 0) is 31.2 Å². The quantitative estimate of drug-likeness (QED) is 0.757. The molecule has 0 unspecified atom stereocenters. The minimum Gasteiger partial charge on any atom is -0.314 e. The Labute approximate surface area is 124 Å². The second-order valence-corrected chi connectivity index (χ2v) is 7.19. The molecule has 0 fully saturated rings. The number of hydrogen-bond donors (Lipinski definition) is 2. The average Bonchev–Trinajstić information content (AvgIpc) is 2.28. The third-order valence-corrected chi connectivity index (χ3v) is 4.24. The van der Waals surface area contributed by atoms with Gasteiger partial charge in [-0.25, -0.2) is 8.42 Å². The summed E-state index contributed by atoms with van der Waals surface area (Å²) in [6, 6.07) is 4.99. The van der Waals surface area contributed by atoms with Crippen molar-refractivity contribution < 1.29 is 8.42 Å². The van der Waals surface area contributed by atoms with E-state index in [9.17, 15) is 8.42 Å². The molecular weight excluding hydrogens is 307 g/mol. The van der Waals surface area contributed by atoms with Gasteiger partial charge >= 0.3 is 0 Å². The minimum absolute atomic E-state index is 0.0473. The van der Waals surface area contributed by atoms with Gasteiger partial charge in [0, 0.05) is 11.1 Å². The normalized spacial score (nSPS) is 11.8. The van der Waals surface area contributed by atoms with Gasteiger partial charge in [0.05, 0.1) is 16.5 Å². The molecule has 0 heterocycles. The highest BCUT2D eigenvalue weighted by atomic mass is 35.5. The van der Waals surface area contributed by atoms with Gasteiger partial charge in [-0.1, -0.05) is 37.0 Å². The fourth-order valence-electron chi connectivity index (χ4n) is 1.44. The van der Waals surface area contributed by atoms with E-state index in [1.54, 1.807) is 12.1 Å². The molecule has 4 nitrogen and oxygen atoms in total. The fraction of sp³-hybridized carbons (Fsp3) is 0.500. The molecule has 0 saturated carbocycles. The highest BCUT2D eigenvalue weighted by Gasteiger charge is 2.12. The lowest BCUT2D eigenvalue weighted by Gasteiger charge is -2.11. The van der Waals surface area contributed by atoms with Crippen LogP contribution in [0.1, 0.15) is 20.3 Å². The Kier molecular flexibility index (Phi) is 6.39. The van der Waals surface area contributed by atoms with Gasteiger partial charge in [0.15, 0.2) is 0 Å². The molecule has 0 spiro atoms. The largest absolute Gasteiger partial charge is 0.314 e. The summed E-state index contributed by atoms with van der Waals surface area (Å²) >= 11 is 11.7. The SMILES string of the molecule is CC(C)NCCCS(=O)(=O)Nc1ccc(Cl)cc1Cl. The van der Waals surface area contributed by atoms with Crippen LogP contribution in [0.25, 0.3) is 0 Å². The lowest BCUT2D eigenvalue weighted by atomic mass is 10.3. The van der Waals surface area contributed by atoms with Crippen molar-refractivity contribution >= 4 is 38.9 Å². The Bertz CT molecular complexity index is 518. The summed E-state index contributed by atoms with van der Waals surface area (Å²) in [5, 5.41) is 3.92. The Hall–Kier alpha value is -0.490. The van der Waals surface area contributed by atoms with Gasteiger partial charge in [-0.3, -0.25) is 4.72 Å². The van der Waals surface area contributed by atoms with E-state index in [1.807, 2.05) is 13.8 Å². The van der Waals surface area contributed by atoms with E-state index in [1.165, 1.54) is 6.07 Å². The van der Waals surface area contributed by atoms with Crippen molar-refractivity contribution in [2.24, 2.45) is 0 Å². The first-order chi connectivity index (χ1) is 8.80. The van der Waals surface area contributed by atoms with Gasteiger partial charge in [0.2, 0.25) is 10.0 Å². The number of rotatable bonds is 7. The number of benzene rings is 1. The molecular formula is C12H18Cl2N2O2S. The van der Waals surface area contributed by atoms with Crippen LogP contribution >= 0.6 is 23.2 Å². The maximum atomic E-state index is 11.9. The molecule has 1 rings (SSSR count). The molecule has 108 valence electrons. The third kappa shape index (κ3) is 6.47. The van der Waals surface area contributed by atoms with Crippen LogP contribution in [0.3, 0.4) is 0 Å². The second kappa shape index (κ2) is 7.33. The van der Waals surface area contributed by atoms with Crippen molar-refractivity contribution in [2.45, 2.75) is 26.3 Å². The van der Waals surface area contributed by atoms with Crippen LogP contribution in [0.5, 0.6) is 0 Å². The molecule has 0 radical (unpaired) electrons. The summed E-state index contributed by atoms with van der Waals surface area (Å²) in [6.07, 6.45) is 0.540. The molecule has 1 aromatic rings. The maximum Gasteiger partial charge on any atom is 0.232 e. The standard InChI is InChI=1S/C12H18Cl2N2O2S/c1-9(2)15-6-3-7-19(17,18)16-12-5-4-10(13)8-11(12)14/h4-5,8-9,15-16H,3,6-7H2,1-2H3. The van der Waals surface area contributed by atoms with Crippen molar-refractivity contribution in [2.75, 3.05) is 17.0 Å². The van der Waals surface area contributed by atoms with E-state index in [0.717, 1.165) is 0 Å². The minimum atomic E-state index is -3.39. The molecule has 0 aliphatic carbocycles. The van der Waals surface area contributed by atoms with E-state index in [-0.39, 0.29) is 10.8 Å². The van der Waals surface area contributed by atoms with Crippen LogP contribution in [0, 0.1) is 0 Å². The number of halogens is 2. The lowest BCUT2D eigenvalue weighted by molar-refractivity contribution is 0.571. The van der Waals surface area contributed by atoms with Crippen LogP contribution in [-0.2, 0) is 10.0 Å². The predicted octanol–water partition coefficient (Wildman–Crippen LogP) is 3.12. The first-order valence-corrected chi connectivity index (χ1v) is 8.40. The summed E-state index contributed by atoms with van der Waals surface area (Å²) in [5.41, 5.74) is 0.350. The molecule has 0 atom stereocenters. The molecule has 0 bridgehead atoms. The van der Waals surface area contributed by atoms with Crippen LogP contribution in [-0.4, -0.2) is 26.8 Å². The highest BCUT2D eigenvalue weighted by molar-refractivity contribution is 7.92. The molecule has 0 aromatic heterocycles. The van der Waals surface area contributed by atoms with Crippen molar-refractivity contribution in [3.63, 3.8) is 0 Å². The second-order valence-electron chi connectivity index (χ2n) is 4.51. The first-order valence-electron chi connectivity index (χ1n) is 5.99. The molecule has 0 amide bonds. The predicted molar refractivity (Wildman–Crippen MR) is 81.6 cm³/mol. The Balaban J connectivity index is 2.54. The zero-order chi connectivity index (χ0) is 14.5. The topological polar surface area (TPSA) is 58.2 Å². The summed E-state index contributed by atoms with van der Waals surface area (Å²) in [4.78, 5) is 0.